The SMILES string of the molecule is Cc1cc2c(Nc3ccc(Cc4ccn5ncnc5c4)c(C)c3)ncnc2cn1. The van der Waals surface area contributed by atoms with Crippen molar-refractivity contribution in [1.29, 1.82) is 0 Å². The molecule has 4 heterocycles. The number of hydrogen-bond donors (Lipinski definition) is 1. The van der Waals surface area contributed by atoms with Crippen LogP contribution in [0.4, 0.5) is 11.5 Å². The summed E-state index contributed by atoms with van der Waals surface area (Å²) in [6.07, 6.45) is 7.69. The smallest absolute Gasteiger partial charge is 0.155 e. The Kier molecular flexibility index (Phi) is 4.13. The van der Waals surface area contributed by atoms with Crippen LogP contribution in [0.25, 0.3) is 16.6 Å². The Balaban J connectivity index is 1.42. The fraction of sp³-hybridized carbons (Fsp3) is 0.136. The largest absolute Gasteiger partial charge is 0.340 e. The average Bonchev–Trinajstić information content (AvgIpc) is 3.18. The number of fused-ring (bicyclic) bond motifs is 2. The van der Waals surface area contributed by atoms with Gasteiger partial charge in [-0.25, -0.2) is 19.5 Å². The van der Waals surface area contributed by atoms with Crippen molar-refractivity contribution in [3.63, 3.8) is 0 Å². The highest BCUT2D eigenvalue weighted by Gasteiger charge is 2.08. The summed E-state index contributed by atoms with van der Waals surface area (Å²) in [5, 5.41) is 8.53. The second kappa shape index (κ2) is 6.94. The summed E-state index contributed by atoms with van der Waals surface area (Å²) in [4.78, 5) is 17.3. The number of anilines is 2. The molecule has 0 bridgehead atoms. The molecular formula is C22H19N7. The predicted molar refractivity (Wildman–Crippen MR) is 112 cm³/mol. The van der Waals surface area contributed by atoms with E-state index >= 15 is 0 Å². The van der Waals surface area contributed by atoms with Crippen molar-refractivity contribution in [2.24, 2.45) is 0 Å². The Morgan fingerprint density at radius 1 is 0.931 bits per heavy atom. The summed E-state index contributed by atoms with van der Waals surface area (Å²) in [7, 11) is 0. The van der Waals surface area contributed by atoms with Gasteiger partial charge in [0.2, 0.25) is 0 Å². The molecule has 7 heteroatoms. The van der Waals surface area contributed by atoms with Crippen molar-refractivity contribution in [3.8, 4) is 0 Å². The predicted octanol–water partition coefficient (Wildman–Crippen LogP) is 4.02. The highest BCUT2D eigenvalue weighted by molar-refractivity contribution is 5.90. The number of pyridine rings is 2. The van der Waals surface area contributed by atoms with Crippen molar-refractivity contribution in [1.82, 2.24) is 29.5 Å². The number of aryl methyl sites for hydroxylation is 2. The van der Waals surface area contributed by atoms with Crippen LogP contribution >= 0.6 is 0 Å². The third-order valence-electron chi connectivity index (χ3n) is 5.00. The van der Waals surface area contributed by atoms with E-state index < -0.39 is 0 Å². The fourth-order valence-corrected chi connectivity index (χ4v) is 3.46. The molecule has 0 saturated carbocycles. The van der Waals surface area contributed by atoms with Crippen LogP contribution < -0.4 is 5.32 Å². The van der Waals surface area contributed by atoms with Gasteiger partial charge in [0.05, 0.1) is 11.7 Å². The van der Waals surface area contributed by atoms with Gasteiger partial charge in [-0.05, 0) is 67.3 Å². The molecule has 7 nitrogen and oxygen atoms in total. The van der Waals surface area contributed by atoms with Crippen molar-refractivity contribution >= 4 is 28.1 Å². The molecule has 1 aromatic carbocycles. The molecule has 1 N–H and O–H groups in total. The van der Waals surface area contributed by atoms with E-state index in [-0.39, 0.29) is 0 Å². The summed E-state index contributed by atoms with van der Waals surface area (Å²) >= 11 is 0. The molecule has 0 fully saturated rings. The van der Waals surface area contributed by atoms with E-state index in [9.17, 15) is 0 Å². The summed E-state index contributed by atoms with van der Waals surface area (Å²) < 4.78 is 1.77. The first-order valence-corrected chi connectivity index (χ1v) is 9.38. The third kappa shape index (κ3) is 3.38. The van der Waals surface area contributed by atoms with Gasteiger partial charge < -0.3 is 5.32 Å². The number of nitrogens with zero attached hydrogens (tertiary/aromatic N) is 6. The minimum absolute atomic E-state index is 0.782. The van der Waals surface area contributed by atoms with Gasteiger partial charge in [0.1, 0.15) is 18.5 Å². The minimum Gasteiger partial charge on any atom is -0.340 e. The number of rotatable bonds is 4. The van der Waals surface area contributed by atoms with Crippen LogP contribution in [0.1, 0.15) is 22.4 Å². The first-order valence-electron chi connectivity index (χ1n) is 9.38. The van der Waals surface area contributed by atoms with Crippen LogP contribution in [0, 0.1) is 13.8 Å². The van der Waals surface area contributed by atoms with Crippen molar-refractivity contribution in [2.45, 2.75) is 20.3 Å². The Bertz CT molecular complexity index is 1340. The normalized spacial score (nSPS) is 11.2. The Morgan fingerprint density at radius 2 is 1.86 bits per heavy atom. The molecule has 142 valence electrons. The van der Waals surface area contributed by atoms with Gasteiger partial charge in [0.15, 0.2) is 5.65 Å². The van der Waals surface area contributed by atoms with Gasteiger partial charge >= 0.3 is 0 Å². The highest BCUT2D eigenvalue weighted by Crippen LogP contribution is 2.25. The lowest BCUT2D eigenvalue weighted by atomic mass is 10.0. The Morgan fingerprint density at radius 3 is 2.76 bits per heavy atom. The maximum Gasteiger partial charge on any atom is 0.155 e. The molecule has 0 unspecified atom stereocenters. The van der Waals surface area contributed by atoms with Crippen LogP contribution in [0.3, 0.4) is 0 Å². The monoisotopic (exact) mass is 381 g/mol. The first kappa shape index (κ1) is 17.2. The number of aromatic nitrogens is 6. The average molecular weight is 381 g/mol. The van der Waals surface area contributed by atoms with E-state index in [1.165, 1.54) is 16.7 Å². The Labute approximate surface area is 167 Å². The minimum atomic E-state index is 0.782. The van der Waals surface area contributed by atoms with Gasteiger partial charge in [0.25, 0.3) is 0 Å². The van der Waals surface area contributed by atoms with Gasteiger partial charge in [-0.15, -0.1) is 0 Å². The van der Waals surface area contributed by atoms with Gasteiger partial charge in [-0.3, -0.25) is 4.98 Å². The summed E-state index contributed by atoms with van der Waals surface area (Å²) in [6, 6.07) is 12.5. The summed E-state index contributed by atoms with van der Waals surface area (Å²) in [5.41, 5.74) is 7.31. The van der Waals surface area contributed by atoms with E-state index in [0.29, 0.717) is 0 Å². The highest BCUT2D eigenvalue weighted by atomic mass is 15.3. The van der Waals surface area contributed by atoms with E-state index in [1.54, 1.807) is 23.4 Å². The molecule has 0 radical (unpaired) electrons. The zero-order chi connectivity index (χ0) is 19.8. The van der Waals surface area contributed by atoms with Crippen LogP contribution in [0.5, 0.6) is 0 Å². The van der Waals surface area contributed by atoms with Crippen LogP contribution in [0.2, 0.25) is 0 Å². The van der Waals surface area contributed by atoms with E-state index in [0.717, 1.165) is 40.2 Å². The summed E-state index contributed by atoms with van der Waals surface area (Å²) in [6.45, 7) is 4.09. The third-order valence-corrected chi connectivity index (χ3v) is 5.00. The van der Waals surface area contributed by atoms with Crippen LogP contribution in [-0.4, -0.2) is 29.5 Å². The van der Waals surface area contributed by atoms with E-state index in [2.05, 4.69) is 67.6 Å². The maximum atomic E-state index is 4.42. The lowest BCUT2D eigenvalue weighted by Gasteiger charge is -2.12. The van der Waals surface area contributed by atoms with E-state index in [1.807, 2.05) is 19.2 Å². The van der Waals surface area contributed by atoms with Crippen LogP contribution in [-0.2, 0) is 6.42 Å². The fourth-order valence-electron chi connectivity index (χ4n) is 3.46. The Hall–Kier alpha value is -3.87. The van der Waals surface area contributed by atoms with Crippen molar-refractivity contribution < 1.29 is 0 Å². The molecule has 0 atom stereocenters. The topological polar surface area (TPSA) is 80.9 Å². The lowest BCUT2D eigenvalue weighted by Crippen LogP contribution is -1.99. The molecular weight excluding hydrogens is 362 g/mol. The number of nitrogens with one attached hydrogen (secondary N) is 1. The van der Waals surface area contributed by atoms with E-state index in [4.69, 9.17) is 0 Å². The molecule has 0 aliphatic carbocycles. The first-order chi connectivity index (χ1) is 14.2. The molecule has 29 heavy (non-hydrogen) atoms. The van der Waals surface area contributed by atoms with Gasteiger partial charge in [-0.1, -0.05) is 6.07 Å². The molecule has 0 spiro atoms. The van der Waals surface area contributed by atoms with Gasteiger partial charge in [0, 0.05) is 23.0 Å². The summed E-state index contributed by atoms with van der Waals surface area (Å²) in [5.74, 6) is 0.782. The zero-order valence-corrected chi connectivity index (χ0v) is 16.2. The quantitative estimate of drug-likeness (QED) is 0.506. The second-order valence-corrected chi connectivity index (χ2v) is 7.11. The molecule has 5 aromatic rings. The van der Waals surface area contributed by atoms with Gasteiger partial charge in [-0.2, -0.15) is 5.10 Å². The second-order valence-electron chi connectivity index (χ2n) is 7.11. The van der Waals surface area contributed by atoms with Crippen LogP contribution in [0.15, 0.2) is 61.4 Å². The zero-order valence-electron chi connectivity index (χ0n) is 16.2. The molecule has 4 aromatic heterocycles. The number of benzene rings is 1. The molecule has 0 aliphatic heterocycles. The molecule has 0 saturated heterocycles. The molecule has 5 rings (SSSR count). The maximum absolute atomic E-state index is 4.42. The van der Waals surface area contributed by atoms with Crippen molar-refractivity contribution in [3.05, 3.63) is 83.8 Å². The molecule has 0 amide bonds. The molecule has 0 aliphatic rings. The standard InChI is InChI=1S/C22H19N7/c1-14-7-18(28-22-19-8-15(2)23-11-20(19)24-12-26-22)4-3-17(14)9-16-5-6-29-21(10-16)25-13-27-29/h3-8,10-13H,9H2,1-2H3,(H,24,26,28). The number of hydrogen-bond acceptors (Lipinski definition) is 6. The van der Waals surface area contributed by atoms with Crippen molar-refractivity contribution in [2.75, 3.05) is 5.32 Å². The lowest BCUT2D eigenvalue weighted by molar-refractivity contribution is 0.953.